The van der Waals surface area contributed by atoms with Gasteiger partial charge in [-0.15, -0.1) is 6.58 Å². The van der Waals surface area contributed by atoms with E-state index in [2.05, 4.69) is 89.7 Å². The molecule has 1 aromatic heterocycles. The topological polar surface area (TPSA) is 37.6 Å². The lowest BCUT2D eigenvalue weighted by Crippen LogP contribution is -2.08. The van der Waals surface area contributed by atoms with Crippen LogP contribution in [0.1, 0.15) is 81.1 Å². The van der Waals surface area contributed by atoms with Crippen molar-refractivity contribution in [1.29, 1.82) is 0 Å². The summed E-state index contributed by atoms with van der Waals surface area (Å²) in [6.45, 7) is 14.7. The van der Waals surface area contributed by atoms with E-state index in [1.165, 1.54) is 22.3 Å². The largest absolute Gasteiger partial charge is 0.251 e. The first-order valence-corrected chi connectivity index (χ1v) is 13.0. The van der Waals surface area contributed by atoms with Crippen molar-refractivity contribution in [2.75, 3.05) is 0 Å². The molecule has 0 radical (unpaired) electrons. The number of para-hydroxylation sites is 2. The Kier molecular flexibility index (Phi) is 9.72. The lowest BCUT2D eigenvalue weighted by molar-refractivity contribution is 1.05. The van der Waals surface area contributed by atoms with Crippen LogP contribution in [0.4, 0.5) is 11.4 Å². The highest BCUT2D eigenvalue weighted by atomic mass is 14.8. The molecule has 182 valence electrons. The van der Waals surface area contributed by atoms with Gasteiger partial charge in [0.05, 0.1) is 34.2 Å². The number of pyridine rings is 1. The predicted octanol–water partition coefficient (Wildman–Crippen LogP) is 8.56. The number of aliphatic imine (C=N–C) groups is 2. The highest BCUT2D eigenvalue weighted by Crippen LogP contribution is 2.28. The second-order valence-corrected chi connectivity index (χ2v) is 8.76. The maximum Gasteiger partial charge on any atom is 0.0852 e. The molecule has 1 heterocycles. The molecule has 0 aliphatic heterocycles. The SMILES string of the molecule is C=CCCC(=Nc1c(CC)cccc1CC)c1cccc(C(C)=Nc2c(CC)cccc2CC)n1. The van der Waals surface area contributed by atoms with Gasteiger partial charge in [0, 0.05) is 0 Å². The Labute approximate surface area is 211 Å². The van der Waals surface area contributed by atoms with Gasteiger partial charge in [-0.2, -0.15) is 0 Å². The third-order valence-corrected chi connectivity index (χ3v) is 6.46. The number of aryl methyl sites for hydroxylation is 4. The normalized spacial score (nSPS) is 12.1. The molecule has 0 bridgehead atoms. The Bertz CT molecular complexity index is 1170. The van der Waals surface area contributed by atoms with Crippen molar-refractivity contribution in [2.24, 2.45) is 9.98 Å². The van der Waals surface area contributed by atoms with Crippen LogP contribution < -0.4 is 0 Å². The summed E-state index contributed by atoms with van der Waals surface area (Å²) in [7, 11) is 0. The molecule has 0 saturated heterocycles. The first-order chi connectivity index (χ1) is 17.1. The first kappa shape index (κ1) is 26.3. The van der Waals surface area contributed by atoms with Gasteiger partial charge in [-0.3, -0.25) is 9.98 Å². The van der Waals surface area contributed by atoms with E-state index in [1.807, 2.05) is 12.1 Å². The molecule has 3 rings (SSSR count). The van der Waals surface area contributed by atoms with Crippen LogP contribution in [0.15, 0.2) is 77.2 Å². The number of hydrogen-bond donors (Lipinski definition) is 0. The fourth-order valence-corrected chi connectivity index (χ4v) is 4.35. The molecular formula is C32H39N3. The lowest BCUT2D eigenvalue weighted by Gasteiger charge is -2.13. The molecule has 0 N–H and O–H groups in total. The Balaban J connectivity index is 2.09. The molecule has 0 unspecified atom stereocenters. The average Bonchev–Trinajstić information content (AvgIpc) is 2.90. The van der Waals surface area contributed by atoms with Gasteiger partial charge in [-0.1, -0.05) is 76.2 Å². The van der Waals surface area contributed by atoms with E-state index in [0.717, 1.165) is 72.7 Å². The number of benzene rings is 2. The van der Waals surface area contributed by atoms with Crippen molar-refractivity contribution in [3.8, 4) is 0 Å². The lowest BCUT2D eigenvalue weighted by atomic mass is 10.0. The monoisotopic (exact) mass is 465 g/mol. The highest BCUT2D eigenvalue weighted by molar-refractivity contribution is 6.03. The third kappa shape index (κ3) is 6.42. The van der Waals surface area contributed by atoms with Crippen LogP contribution in [0.25, 0.3) is 0 Å². The number of rotatable bonds is 11. The summed E-state index contributed by atoms with van der Waals surface area (Å²) in [4.78, 5) is 15.3. The molecule has 3 heteroatoms. The number of aromatic nitrogens is 1. The van der Waals surface area contributed by atoms with Gasteiger partial charge in [0.15, 0.2) is 0 Å². The van der Waals surface area contributed by atoms with Gasteiger partial charge < -0.3 is 0 Å². The second kappa shape index (κ2) is 12.9. The molecule has 3 aromatic rings. The molecule has 0 aliphatic rings. The minimum atomic E-state index is 0.802. The molecule has 0 spiro atoms. The van der Waals surface area contributed by atoms with E-state index < -0.39 is 0 Å². The minimum absolute atomic E-state index is 0.802. The van der Waals surface area contributed by atoms with E-state index in [-0.39, 0.29) is 0 Å². The predicted molar refractivity (Wildman–Crippen MR) is 152 cm³/mol. The Morgan fingerprint density at radius 1 is 0.714 bits per heavy atom. The summed E-state index contributed by atoms with van der Waals surface area (Å²) in [6, 6.07) is 19.2. The van der Waals surface area contributed by atoms with Gasteiger partial charge in [0.1, 0.15) is 0 Å². The van der Waals surface area contributed by atoms with Crippen LogP contribution in [0.3, 0.4) is 0 Å². The van der Waals surface area contributed by atoms with E-state index in [0.29, 0.717) is 0 Å². The number of hydrogen-bond acceptors (Lipinski definition) is 3. The van der Waals surface area contributed by atoms with Gasteiger partial charge >= 0.3 is 0 Å². The molecule has 2 aromatic carbocycles. The number of nitrogens with zero attached hydrogens (tertiary/aromatic N) is 3. The molecule has 0 saturated carbocycles. The fourth-order valence-electron chi connectivity index (χ4n) is 4.35. The molecule has 3 nitrogen and oxygen atoms in total. The molecule has 0 atom stereocenters. The van der Waals surface area contributed by atoms with Crippen molar-refractivity contribution >= 4 is 22.8 Å². The van der Waals surface area contributed by atoms with Crippen molar-refractivity contribution in [2.45, 2.75) is 73.1 Å². The smallest absolute Gasteiger partial charge is 0.0852 e. The summed E-state index contributed by atoms with van der Waals surface area (Å²) in [5, 5.41) is 0. The van der Waals surface area contributed by atoms with E-state index in [1.54, 1.807) is 0 Å². The van der Waals surface area contributed by atoms with Crippen molar-refractivity contribution in [3.05, 3.63) is 101 Å². The van der Waals surface area contributed by atoms with E-state index in [4.69, 9.17) is 15.0 Å². The first-order valence-electron chi connectivity index (χ1n) is 13.0. The van der Waals surface area contributed by atoms with E-state index >= 15 is 0 Å². The van der Waals surface area contributed by atoms with Crippen LogP contribution in [0.5, 0.6) is 0 Å². The summed E-state index contributed by atoms with van der Waals surface area (Å²) in [6.07, 6.45) is 7.44. The summed E-state index contributed by atoms with van der Waals surface area (Å²) in [5.41, 5.74) is 11.0. The quantitative estimate of drug-likeness (QED) is 0.206. The molecule has 35 heavy (non-hydrogen) atoms. The van der Waals surface area contributed by atoms with Crippen molar-refractivity contribution < 1.29 is 0 Å². The van der Waals surface area contributed by atoms with Crippen molar-refractivity contribution in [3.63, 3.8) is 0 Å². The van der Waals surface area contributed by atoms with Gasteiger partial charge in [0.25, 0.3) is 0 Å². The van der Waals surface area contributed by atoms with Crippen molar-refractivity contribution in [1.82, 2.24) is 4.98 Å². The number of allylic oxidation sites excluding steroid dienone is 1. The highest BCUT2D eigenvalue weighted by Gasteiger charge is 2.12. The maximum absolute atomic E-state index is 5.21. The second-order valence-electron chi connectivity index (χ2n) is 8.76. The van der Waals surface area contributed by atoms with E-state index in [9.17, 15) is 0 Å². The summed E-state index contributed by atoms with van der Waals surface area (Å²) in [5.74, 6) is 0. The Hall–Kier alpha value is -3.33. The molecule has 0 aliphatic carbocycles. The zero-order valence-electron chi connectivity index (χ0n) is 22.1. The van der Waals surface area contributed by atoms with Gasteiger partial charge in [-0.05, 0) is 79.8 Å². The standard InChI is InChI=1S/C32H39N3/c1-7-12-20-30(35-32-26(10-4)18-14-19-27(32)11-5)29-22-15-21-28(34-29)23(6)33-31-24(8-2)16-13-17-25(31)9-3/h7,13-19,21-22H,1,8-12,20H2,2-6H3. The maximum atomic E-state index is 5.21. The van der Waals surface area contributed by atoms with Crippen LogP contribution >= 0.6 is 0 Å². The molecule has 0 amide bonds. The summed E-state index contributed by atoms with van der Waals surface area (Å²) >= 11 is 0. The van der Waals surface area contributed by atoms with Crippen LogP contribution in [0, 0.1) is 0 Å². The Morgan fingerprint density at radius 3 is 1.66 bits per heavy atom. The molecular weight excluding hydrogens is 426 g/mol. The van der Waals surface area contributed by atoms with Crippen LogP contribution in [0.2, 0.25) is 0 Å². The Morgan fingerprint density at radius 2 is 1.17 bits per heavy atom. The zero-order valence-corrected chi connectivity index (χ0v) is 22.1. The van der Waals surface area contributed by atoms with Gasteiger partial charge in [0.2, 0.25) is 0 Å². The summed E-state index contributed by atoms with van der Waals surface area (Å²) < 4.78 is 0. The van der Waals surface area contributed by atoms with Crippen LogP contribution in [-0.2, 0) is 25.7 Å². The average molecular weight is 466 g/mol. The van der Waals surface area contributed by atoms with Gasteiger partial charge in [-0.25, -0.2) is 4.98 Å². The zero-order chi connectivity index (χ0) is 25.2. The molecule has 0 fully saturated rings. The van der Waals surface area contributed by atoms with Crippen LogP contribution in [-0.4, -0.2) is 16.4 Å². The third-order valence-electron chi connectivity index (χ3n) is 6.46. The fraction of sp³-hybridized carbons (Fsp3) is 0.344. The minimum Gasteiger partial charge on any atom is -0.251 e.